The molecule has 0 spiro atoms. The summed E-state index contributed by atoms with van der Waals surface area (Å²) in [6.45, 7) is 5.26. The van der Waals surface area contributed by atoms with Crippen LogP contribution in [0.4, 0.5) is 0 Å². The fourth-order valence-corrected chi connectivity index (χ4v) is 2.38. The van der Waals surface area contributed by atoms with E-state index in [9.17, 15) is 5.11 Å². The molecule has 1 aliphatic carbocycles. The van der Waals surface area contributed by atoms with Gasteiger partial charge in [-0.05, 0) is 39.2 Å². The Morgan fingerprint density at radius 1 is 1.43 bits per heavy atom. The molecule has 0 radical (unpaired) electrons. The third kappa shape index (κ3) is 3.97. The number of hydrogen-bond acceptors (Lipinski definition) is 2. The SMILES string of the molecule is CC(O)CCN(C)C1CCCC(C)C1. The van der Waals surface area contributed by atoms with Gasteiger partial charge >= 0.3 is 0 Å². The predicted octanol–water partition coefficient (Wildman–Crippen LogP) is 2.27. The van der Waals surface area contributed by atoms with Gasteiger partial charge in [-0.2, -0.15) is 0 Å². The lowest BCUT2D eigenvalue weighted by Crippen LogP contribution is -2.36. The van der Waals surface area contributed by atoms with Gasteiger partial charge in [0, 0.05) is 12.6 Å². The molecule has 84 valence electrons. The molecule has 0 aromatic rings. The largest absolute Gasteiger partial charge is 0.393 e. The highest BCUT2D eigenvalue weighted by Crippen LogP contribution is 2.26. The van der Waals surface area contributed by atoms with Crippen molar-refractivity contribution in [3.8, 4) is 0 Å². The average molecular weight is 199 g/mol. The van der Waals surface area contributed by atoms with Crippen LogP contribution in [0.2, 0.25) is 0 Å². The monoisotopic (exact) mass is 199 g/mol. The molecule has 1 fully saturated rings. The fourth-order valence-electron chi connectivity index (χ4n) is 2.38. The van der Waals surface area contributed by atoms with Crippen molar-refractivity contribution in [1.82, 2.24) is 4.90 Å². The quantitative estimate of drug-likeness (QED) is 0.751. The lowest BCUT2D eigenvalue weighted by atomic mass is 9.86. The van der Waals surface area contributed by atoms with Crippen LogP contribution in [0.1, 0.15) is 46.0 Å². The van der Waals surface area contributed by atoms with Gasteiger partial charge in [-0.3, -0.25) is 0 Å². The van der Waals surface area contributed by atoms with Crippen LogP contribution >= 0.6 is 0 Å². The maximum atomic E-state index is 9.22. The first kappa shape index (κ1) is 12.0. The highest BCUT2D eigenvalue weighted by molar-refractivity contribution is 4.77. The maximum absolute atomic E-state index is 9.22. The molecule has 0 saturated heterocycles. The average Bonchev–Trinajstić information content (AvgIpc) is 2.14. The summed E-state index contributed by atoms with van der Waals surface area (Å²) in [5, 5.41) is 9.22. The summed E-state index contributed by atoms with van der Waals surface area (Å²) in [6, 6.07) is 0.762. The molecule has 3 atom stereocenters. The summed E-state index contributed by atoms with van der Waals surface area (Å²) < 4.78 is 0. The number of aliphatic hydroxyl groups excluding tert-OH is 1. The van der Waals surface area contributed by atoms with Crippen LogP contribution in [0, 0.1) is 5.92 Å². The smallest absolute Gasteiger partial charge is 0.0524 e. The van der Waals surface area contributed by atoms with Gasteiger partial charge in [-0.25, -0.2) is 0 Å². The second-order valence-electron chi connectivity index (χ2n) is 5.04. The van der Waals surface area contributed by atoms with Crippen LogP contribution in [0.25, 0.3) is 0 Å². The molecule has 0 aromatic carbocycles. The first-order chi connectivity index (χ1) is 6.59. The Morgan fingerprint density at radius 2 is 2.14 bits per heavy atom. The van der Waals surface area contributed by atoms with Gasteiger partial charge in [0.15, 0.2) is 0 Å². The topological polar surface area (TPSA) is 23.5 Å². The van der Waals surface area contributed by atoms with Crippen LogP contribution in [0.5, 0.6) is 0 Å². The van der Waals surface area contributed by atoms with Crippen molar-refractivity contribution in [2.45, 2.75) is 58.1 Å². The molecule has 1 aliphatic rings. The molecule has 3 unspecified atom stereocenters. The number of nitrogens with zero attached hydrogens (tertiary/aromatic N) is 1. The Balaban J connectivity index is 2.25. The summed E-state index contributed by atoms with van der Waals surface area (Å²) in [7, 11) is 2.20. The van der Waals surface area contributed by atoms with E-state index in [0.29, 0.717) is 0 Å². The van der Waals surface area contributed by atoms with Crippen molar-refractivity contribution in [1.29, 1.82) is 0 Å². The summed E-state index contributed by atoms with van der Waals surface area (Å²) in [5.41, 5.74) is 0. The van der Waals surface area contributed by atoms with E-state index < -0.39 is 0 Å². The van der Waals surface area contributed by atoms with E-state index in [0.717, 1.165) is 24.9 Å². The molecule has 0 bridgehead atoms. The fraction of sp³-hybridized carbons (Fsp3) is 1.00. The Labute approximate surface area is 88.3 Å². The minimum absolute atomic E-state index is 0.154. The lowest BCUT2D eigenvalue weighted by molar-refractivity contribution is 0.125. The summed E-state index contributed by atoms with van der Waals surface area (Å²) in [6.07, 6.45) is 6.22. The standard InChI is InChI=1S/C12H25NO/c1-10-5-4-6-12(9-10)13(3)8-7-11(2)14/h10-12,14H,4-9H2,1-3H3. The highest BCUT2D eigenvalue weighted by Gasteiger charge is 2.21. The van der Waals surface area contributed by atoms with Crippen molar-refractivity contribution in [3.05, 3.63) is 0 Å². The summed E-state index contributed by atoms with van der Waals surface area (Å²) >= 11 is 0. The minimum Gasteiger partial charge on any atom is -0.393 e. The molecule has 14 heavy (non-hydrogen) atoms. The highest BCUT2D eigenvalue weighted by atomic mass is 16.3. The Hall–Kier alpha value is -0.0800. The van der Waals surface area contributed by atoms with Crippen LogP contribution < -0.4 is 0 Å². The zero-order valence-electron chi connectivity index (χ0n) is 9.87. The lowest BCUT2D eigenvalue weighted by Gasteiger charge is -2.34. The zero-order valence-corrected chi connectivity index (χ0v) is 9.87. The molecule has 0 aromatic heterocycles. The molecular weight excluding hydrogens is 174 g/mol. The van der Waals surface area contributed by atoms with Crippen molar-refractivity contribution >= 4 is 0 Å². The van der Waals surface area contributed by atoms with Crippen molar-refractivity contribution in [2.24, 2.45) is 5.92 Å². The van der Waals surface area contributed by atoms with E-state index >= 15 is 0 Å². The molecule has 1 saturated carbocycles. The third-order valence-corrected chi connectivity index (χ3v) is 3.43. The Morgan fingerprint density at radius 3 is 2.71 bits per heavy atom. The van der Waals surface area contributed by atoms with Gasteiger partial charge < -0.3 is 10.0 Å². The number of aliphatic hydroxyl groups is 1. The first-order valence-electron chi connectivity index (χ1n) is 5.98. The van der Waals surface area contributed by atoms with Gasteiger partial charge in [-0.1, -0.05) is 19.8 Å². The maximum Gasteiger partial charge on any atom is 0.0524 e. The first-order valence-corrected chi connectivity index (χ1v) is 5.98. The third-order valence-electron chi connectivity index (χ3n) is 3.43. The Kier molecular flexibility index (Phi) is 4.90. The molecule has 0 aliphatic heterocycles. The van der Waals surface area contributed by atoms with Gasteiger partial charge in [0.05, 0.1) is 6.10 Å². The molecule has 2 heteroatoms. The van der Waals surface area contributed by atoms with Crippen LogP contribution in [-0.4, -0.2) is 35.7 Å². The molecule has 0 amide bonds. The van der Waals surface area contributed by atoms with E-state index in [2.05, 4.69) is 18.9 Å². The van der Waals surface area contributed by atoms with Gasteiger partial charge in [0.25, 0.3) is 0 Å². The van der Waals surface area contributed by atoms with Crippen LogP contribution in [-0.2, 0) is 0 Å². The Bertz CT molecular complexity index is 158. The van der Waals surface area contributed by atoms with Crippen LogP contribution in [0.15, 0.2) is 0 Å². The number of rotatable bonds is 4. The number of hydrogen-bond donors (Lipinski definition) is 1. The summed E-state index contributed by atoms with van der Waals surface area (Å²) in [4.78, 5) is 2.43. The second kappa shape index (κ2) is 5.72. The molecule has 1 rings (SSSR count). The normalized spacial score (nSPS) is 30.6. The van der Waals surface area contributed by atoms with Gasteiger partial charge in [0.2, 0.25) is 0 Å². The van der Waals surface area contributed by atoms with E-state index in [1.165, 1.54) is 25.7 Å². The van der Waals surface area contributed by atoms with E-state index in [1.54, 1.807) is 0 Å². The molecular formula is C12H25NO. The van der Waals surface area contributed by atoms with Crippen molar-refractivity contribution in [2.75, 3.05) is 13.6 Å². The van der Waals surface area contributed by atoms with E-state index in [4.69, 9.17) is 0 Å². The van der Waals surface area contributed by atoms with Gasteiger partial charge in [-0.15, -0.1) is 0 Å². The zero-order chi connectivity index (χ0) is 10.6. The van der Waals surface area contributed by atoms with E-state index in [1.807, 2.05) is 6.92 Å². The minimum atomic E-state index is -0.154. The predicted molar refractivity (Wildman–Crippen MR) is 60.3 cm³/mol. The molecule has 1 N–H and O–H groups in total. The van der Waals surface area contributed by atoms with Crippen molar-refractivity contribution < 1.29 is 5.11 Å². The van der Waals surface area contributed by atoms with E-state index in [-0.39, 0.29) is 6.10 Å². The summed E-state index contributed by atoms with van der Waals surface area (Å²) in [5.74, 6) is 0.891. The molecule has 2 nitrogen and oxygen atoms in total. The molecule has 0 heterocycles. The van der Waals surface area contributed by atoms with Crippen LogP contribution in [0.3, 0.4) is 0 Å². The van der Waals surface area contributed by atoms with Gasteiger partial charge in [0.1, 0.15) is 0 Å². The second-order valence-corrected chi connectivity index (χ2v) is 5.04. The van der Waals surface area contributed by atoms with Crippen molar-refractivity contribution in [3.63, 3.8) is 0 Å².